The van der Waals surface area contributed by atoms with Gasteiger partial charge < -0.3 is 5.11 Å². The maximum absolute atomic E-state index is 10.7. The van der Waals surface area contributed by atoms with Crippen LogP contribution in [-0.2, 0) is 7.05 Å². The molecule has 1 N–H and O–H groups in total. The maximum atomic E-state index is 10.7. The molecule has 0 aromatic carbocycles. The fourth-order valence-electron chi connectivity index (χ4n) is 5.30. The van der Waals surface area contributed by atoms with Crippen LogP contribution in [0.4, 0.5) is 0 Å². The summed E-state index contributed by atoms with van der Waals surface area (Å²) in [4.78, 5) is 0. The number of aliphatic hydroxyl groups excluding tert-OH is 1. The van der Waals surface area contributed by atoms with Crippen LogP contribution in [0.5, 0.6) is 0 Å². The van der Waals surface area contributed by atoms with Gasteiger partial charge in [-0.15, -0.1) is 0 Å². The zero-order chi connectivity index (χ0) is 12.3. The highest BCUT2D eigenvalue weighted by molar-refractivity contribution is 5.13. The molecule has 1 aromatic rings. The topological polar surface area (TPSA) is 38.0 Å². The Morgan fingerprint density at radius 1 is 1.17 bits per heavy atom. The third-order valence-corrected chi connectivity index (χ3v) is 5.73. The van der Waals surface area contributed by atoms with Gasteiger partial charge in [0, 0.05) is 18.8 Å². The van der Waals surface area contributed by atoms with Gasteiger partial charge in [0.1, 0.15) is 0 Å². The van der Waals surface area contributed by atoms with E-state index in [9.17, 15) is 5.11 Å². The van der Waals surface area contributed by atoms with E-state index in [0.717, 1.165) is 29.2 Å². The molecule has 3 nitrogen and oxygen atoms in total. The Bertz CT molecular complexity index is 425. The van der Waals surface area contributed by atoms with Gasteiger partial charge >= 0.3 is 0 Å². The minimum atomic E-state index is -0.284. The van der Waals surface area contributed by atoms with Gasteiger partial charge in [-0.1, -0.05) is 0 Å². The first-order chi connectivity index (χ1) is 8.70. The van der Waals surface area contributed by atoms with Crippen LogP contribution in [-0.4, -0.2) is 14.9 Å². The standard InChI is InChI=1S/C15H22N2O/c1-17-8-13(7-16-17)15(18)14-11-3-9-2-10(5-11)6-12(14)4-9/h7-12,14-15,18H,2-6H2,1H3. The van der Waals surface area contributed by atoms with E-state index in [-0.39, 0.29) is 6.10 Å². The van der Waals surface area contributed by atoms with Crippen LogP contribution >= 0.6 is 0 Å². The van der Waals surface area contributed by atoms with E-state index in [1.165, 1.54) is 32.1 Å². The average molecular weight is 246 g/mol. The first kappa shape index (κ1) is 11.0. The van der Waals surface area contributed by atoms with Crippen molar-refractivity contribution in [2.45, 2.75) is 38.2 Å². The summed E-state index contributed by atoms with van der Waals surface area (Å²) >= 11 is 0. The average Bonchev–Trinajstić information content (AvgIpc) is 2.74. The molecule has 1 aromatic heterocycles. The monoisotopic (exact) mass is 246 g/mol. The van der Waals surface area contributed by atoms with Gasteiger partial charge in [0.2, 0.25) is 0 Å². The molecule has 0 spiro atoms. The van der Waals surface area contributed by atoms with E-state index in [1.807, 2.05) is 19.4 Å². The van der Waals surface area contributed by atoms with Gasteiger partial charge in [0.05, 0.1) is 12.3 Å². The molecule has 98 valence electrons. The summed E-state index contributed by atoms with van der Waals surface area (Å²) in [6.45, 7) is 0. The lowest BCUT2D eigenvalue weighted by Gasteiger charge is -2.55. The molecule has 0 amide bonds. The summed E-state index contributed by atoms with van der Waals surface area (Å²) < 4.78 is 1.80. The molecule has 1 unspecified atom stereocenters. The molecular formula is C15H22N2O. The summed E-state index contributed by atoms with van der Waals surface area (Å²) in [7, 11) is 1.92. The predicted molar refractivity (Wildman–Crippen MR) is 68.7 cm³/mol. The van der Waals surface area contributed by atoms with Gasteiger partial charge in [-0.2, -0.15) is 5.10 Å². The van der Waals surface area contributed by atoms with Crippen molar-refractivity contribution in [1.29, 1.82) is 0 Å². The van der Waals surface area contributed by atoms with E-state index < -0.39 is 0 Å². The van der Waals surface area contributed by atoms with Crippen LogP contribution in [0.25, 0.3) is 0 Å². The second kappa shape index (κ2) is 3.83. The maximum Gasteiger partial charge on any atom is 0.0853 e. The second-order valence-corrected chi connectivity index (χ2v) is 6.90. The van der Waals surface area contributed by atoms with Crippen molar-refractivity contribution in [3.05, 3.63) is 18.0 Å². The smallest absolute Gasteiger partial charge is 0.0853 e. The highest BCUT2D eigenvalue weighted by Gasteiger charge is 2.50. The Morgan fingerprint density at radius 2 is 1.78 bits per heavy atom. The van der Waals surface area contributed by atoms with Crippen molar-refractivity contribution in [1.82, 2.24) is 9.78 Å². The minimum absolute atomic E-state index is 0.284. The molecule has 4 fully saturated rings. The lowest BCUT2D eigenvalue weighted by Crippen LogP contribution is -2.47. The molecule has 4 saturated carbocycles. The van der Waals surface area contributed by atoms with E-state index in [4.69, 9.17) is 0 Å². The third kappa shape index (κ3) is 1.56. The SMILES string of the molecule is Cn1cc(C(O)C2C3CC4CC(C3)CC2C4)cn1. The van der Waals surface area contributed by atoms with Crippen LogP contribution in [0.1, 0.15) is 43.8 Å². The normalized spacial score (nSPS) is 43.3. The predicted octanol–water partition coefficient (Wildman–Crippen LogP) is 2.53. The molecule has 5 rings (SSSR count). The molecule has 3 heteroatoms. The van der Waals surface area contributed by atoms with Crippen molar-refractivity contribution in [2.24, 2.45) is 36.6 Å². The Morgan fingerprint density at radius 3 is 2.28 bits per heavy atom. The first-order valence-electron chi connectivity index (χ1n) is 7.37. The van der Waals surface area contributed by atoms with Crippen molar-refractivity contribution in [3.8, 4) is 0 Å². The number of hydrogen-bond acceptors (Lipinski definition) is 2. The number of rotatable bonds is 2. The largest absolute Gasteiger partial charge is 0.388 e. The number of aryl methyl sites for hydroxylation is 1. The van der Waals surface area contributed by atoms with Crippen LogP contribution in [0.3, 0.4) is 0 Å². The van der Waals surface area contributed by atoms with E-state index in [1.54, 1.807) is 4.68 Å². The van der Waals surface area contributed by atoms with Gasteiger partial charge in [-0.05, 0) is 61.7 Å². The van der Waals surface area contributed by atoms with Crippen molar-refractivity contribution >= 4 is 0 Å². The van der Waals surface area contributed by atoms with Gasteiger partial charge in [0.25, 0.3) is 0 Å². The molecule has 4 aliphatic rings. The number of nitrogens with zero attached hydrogens (tertiary/aromatic N) is 2. The summed E-state index contributed by atoms with van der Waals surface area (Å²) in [6, 6.07) is 0. The Hall–Kier alpha value is -0.830. The summed E-state index contributed by atoms with van der Waals surface area (Å²) in [5, 5.41) is 14.9. The fraction of sp³-hybridized carbons (Fsp3) is 0.800. The lowest BCUT2D eigenvalue weighted by atomic mass is 9.50. The van der Waals surface area contributed by atoms with Crippen molar-refractivity contribution < 1.29 is 5.11 Å². The van der Waals surface area contributed by atoms with Crippen molar-refractivity contribution in [2.75, 3.05) is 0 Å². The highest BCUT2D eigenvalue weighted by atomic mass is 16.3. The van der Waals surface area contributed by atoms with Crippen LogP contribution in [0.2, 0.25) is 0 Å². The van der Waals surface area contributed by atoms with Crippen LogP contribution in [0.15, 0.2) is 12.4 Å². The number of hydrogen-bond donors (Lipinski definition) is 1. The van der Waals surface area contributed by atoms with Crippen LogP contribution < -0.4 is 0 Å². The quantitative estimate of drug-likeness (QED) is 0.870. The molecule has 4 bridgehead atoms. The van der Waals surface area contributed by atoms with E-state index >= 15 is 0 Å². The highest BCUT2D eigenvalue weighted by Crippen LogP contribution is 2.59. The molecule has 1 atom stereocenters. The first-order valence-corrected chi connectivity index (χ1v) is 7.37. The molecule has 0 aliphatic heterocycles. The summed E-state index contributed by atoms with van der Waals surface area (Å²) in [6.07, 6.45) is 10.5. The fourth-order valence-corrected chi connectivity index (χ4v) is 5.30. The Balaban J connectivity index is 1.61. The van der Waals surface area contributed by atoms with Gasteiger partial charge in [-0.3, -0.25) is 4.68 Å². The van der Waals surface area contributed by atoms with E-state index in [2.05, 4.69) is 5.10 Å². The minimum Gasteiger partial charge on any atom is -0.388 e. The molecule has 0 radical (unpaired) electrons. The Kier molecular flexibility index (Phi) is 2.35. The second-order valence-electron chi connectivity index (χ2n) is 6.90. The zero-order valence-electron chi connectivity index (χ0n) is 11.0. The van der Waals surface area contributed by atoms with Crippen LogP contribution in [0, 0.1) is 29.6 Å². The molecular weight excluding hydrogens is 224 g/mol. The van der Waals surface area contributed by atoms with Gasteiger partial charge in [-0.25, -0.2) is 0 Å². The van der Waals surface area contributed by atoms with Crippen molar-refractivity contribution in [3.63, 3.8) is 0 Å². The lowest BCUT2D eigenvalue weighted by molar-refractivity contribution is -0.0908. The number of aromatic nitrogens is 2. The number of aliphatic hydroxyl groups is 1. The summed E-state index contributed by atoms with van der Waals surface area (Å²) in [5.74, 6) is 4.00. The third-order valence-electron chi connectivity index (χ3n) is 5.73. The summed E-state index contributed by atoms with van der Waals surface area (Å²) in [5.41, 5.74) is 1.02. The molecule has 1 heterocycles. The van der Waals surface area contributed by atoms with Gasteiger partial charge in [0.15, 0.2) is 0 Å². The zero-order valence-corrected chi connectivity index (χ0v) is 11.0. The molecule has 0 saturated heterocycles. The molecule has 4 aliphatic carbocycles. The molecule has 18 heavy (non-hydrogen) atoms. The Labute approximate surface area is 108 Å². The van der Waals surface area contributed by atoms with E-state index in [0.29, 0.717) is 5.92 Å².